The molecular formula is C11H16N2O4. The van der Waals surface area contributed by atoms with Crippen LogP contribution in [-0.2, 0) is 4.79 Å². The molecule has 0 spiro atoms. The van der Waals surface area contributed by atoms with Gasteiger partial charge in [0.25, 0.3) is 5.91 Å². The molecule has 0 radical (unpaired) electrons. The number of carboxylic acids is 1. The smallest absolute Gasteiger partial charge is 0.308 e. The van der Waals surface area contributed by atoms with Crippen molar-refractivity contribution in [3.05, 3.63) is 17.8 Å². The predicted octanol–water partition coefficient (Wildman–Crippen LogP) is 1.17. The molecule has 0 aliphatic carbocycles. The molecule has 6 heteroatoms. The van der Waals surface area contributed by atoms with Gasteiger partial charge in [-0.1, -0.05) is 6.92 Å². The van der Waals surface area contributed by atoms with Crippen LogP contribution in [0.25, 0.3) is 0 Å². The van der Waals surface area contributed by atoms with Gasteiger partial charge in [-0.05, 0) is 13.8 Å². The number of hydrogen-bond donors (Lipinski definition) is 1. The molecule has 0 bridgehead atoms. The van der Waals surface area contributed by atoms with Crippen molar-refractivity contribution in [3.8, 4) is 0 Å². The first-order valence-corrected chi connectivity index (χ1v) is 5.39. The van der Waals surface area contributed by atoms with Crippen LogP contribution in [-0.4, -0.2) is 40.0 Å². The van der Waals surface area contributed by atoms with Gasteiger partial charge in [-0.15, -0.1) is 0 Å². The van der Waals surface area contributed by atoms with Crippen molar-refractivity contribution >= 4 is 11.9 Å². The van der Waals surface area contributed by atoms with Gasteiger partial charge < -0.3 is 14.4 Å². The lowest BCUT2D eigenvalue weighted by Gasteiger charge is -2.21. The fraction of sp³-hybridized carbons (Fsp3) is 0.545. The molecule has 6 nitrogen and oxygen atoms in total. The molecule has 0 fully saturated rings. The molecule has 0 aliphatic rings. The summed E-state index contributed by atoms with van der Waals surface area (Å²) in [5.74, 6) is -1.69. The van der Waals surface area contributed by atoms with Gasteiger partial charge in [-0.3, -0.25) is 9.59 Å². The number of rotatable bonds is 5. The minimum atomic E-state index is -0.925. The predicted molar refractivity (Wildman–Crippen MR) is 59.6 cm³/mol. The molecule has 0 saturated carbocycles. The van der Waals surface area contributed by atoms with Gasteiger partial charge >= 0.3 is 5.97 Å². The SMILES string of the molecule is CCN(CC(C)C(=O)O)C(=O)c1ocnc1C. The highest BCUT2D eigenvalue weighted by Gasteiger charge is 2.23. The molecule has 0 saturated heterocycles. The third-order valence-corrected chi connectivity index (χ3v) is 2.52. The van der Waals surface area contributed by atoms with Crippen molar-refractivity contribution in [2.75, 3.05) is 13.1 Å². The zero-order chi connectivity index (χ0) is 13.0. The van der Waals surface area contributed by atoms with E-state index < -0.39 is 11.9 Å². The van der Waals surface area contributed by atoms with Gasteiger partial charge in [0.1, 0.15) is 0 Å². The Kier molecular flexibility index (Phi) is 4.25. The molecule has 1 aromatic rings. The van der Waals surface area contributed by atoms with Gasteiger partial charge in [-0.2, -0.15) is 0 Å². The van der Waals surface area contributed by atoms with Crippen LogP contribution in [0.2, 0.25) is 0 Å². The van der Waals surface area contributed by atoms with Crippen molar-refractivity contribution < 1.29 is 19.1 Å². The first-order valence-electron chi connectivity index (χ1n) is 5.39. The Morgan fingerprint density at radius 3 is 2.65 bits per heavy atom. The second-order valence-electron chi connectivity index (χ2n) is 3.85. The van der Waals surface area contributed by atoms with Crippen LogP contribution in [0.4, 0.5) is 0 Å². The number of oxazole rings is 1. The van der Waals surface area contributed by atoms with Gasteiger partial charge in [0, 0.05) is 13.1 Å². The summed E-state index contributed by atoms with van der Waals surface area (Å²) < 4.78 is 5.00. The maximum absolute atomic E-state index is 12.0. The fourth-order valence-electron chi connectivity index (χ4n) is 1.42. The van der Waals surface area contributed by atoms with Gasteiger partial charge in [-0.25, -0.2) is 4.98 Å². The van der Waals surface area contributed by atoms with Crippen molar-refractivity contribution in [1.82, 2.24) is 9.88 Å². The molecule has 1 atom stereocenters. The second-order valence-corrected chi connectivity index (χ2v) is 3.85. The van der Waals surface area contributed by atoms with E-state index in [1.54, 1.807) is 20.8 Å². The normalized spacial score (nSPS) is 12.2. The van der Waals surface area contributed by atoms with Gasteiger partial charge in [0.15, 0.2) is 6.39 Å². The lowest BCUT2D eigenvalue weighted by Crippen LogP contribution is -2.36. The maximum atomic E-state index is 12.0. The Hall–Kier alpha value is -1.85. The van der Waals surface area contributed by atoms with Gasteiger partial charge in [0.05, 0.1) is 11.6 Å². The number of aliphatic carboxylic acids is 1. The summed E-state index contributed by atoms with van der Waals surface area (Å²) in [7, 11) is 0. The number of carbonyl (C=O) groups is 2. The van der Waals surface area contributed by atoms with Crippen LogP contribution < -0.4 is 0 Å². The molecule has 94 valence electrons. The van der Waals surface area contributed by atoms with E-state index in [1.807, 2.05) is 0 Å². The maximum Gasteiger partial charge on any atom is 0.308 e. The van der Waals surface area contributed by atoms with Crippen LogP contribution in [0, 0.1) is 12.8 Å². The van der Waals surface area contributed by atoms with Crippen molar-refractivity contribution in [3.63, 3.8) is 0 Å². The number of aryl methyl sites for hydroxylation is 1. The van der Waals surface area contributed by atoms with Crippen molar-refractivity contribution in [2.45, 2.75) is 20.8 Å². The molecule has 1 rings (SSSR count). The van der Waals surface area contributed by atoms with Crippen LogP contribution in [0.1, 0.15) is 30.1 Å². The molecule has 1 unspecified atom stereocenters. The molecule has 1 heterocycles. The molecule has 1 aromatic heterocycles. The van der Waals surface area contributed by atoms with E-state index >= 15 is 0 Å². The van der Waals surface area contributed by atoms with E-state index in [9.17, 15) is 9.59 Å². The fourth-order valence-corrected chi connectivity index (χ4v) is 1.42. The molecule has 17 heavy (non-hydrogen) atoms. The number of carbonyl (C=O) groups excluding carboxylic acids is 1. The number of amides is 1. The Morgan fingerprint density at radius 2 is 2.24 bits per heavy atom. The third kappa shape index (κ3) is 3.05. The Balaban J connectivity index is 2.78. The highest BCUT2D eigenvalue weighted by molar-refractivity contribution is 5.92. The lowest BCUT2D eigenvalue weighted by molar-refractivity contribution is -0.141. The van der Waals surface area contributed by atoms with E-state index in [0.29, 0.717) is 12.2 Å². The molecule has 1 amide bonds. The standard InChI is InChI=1S/C11H16N2O4/c1-4-13(5-7(2)11(15)16)10(14)9-8(3)12-6-17-9/h6-7H,4-5H2,1-3H3,(H,15,16). The van der Waals surface area contributed by atoms with Crippen LogP contribution in [0.3, 0.4) is 0 Å². The minimum Gasteiger partial charge on any atom is -0.481 e. The summed E-state index contributed by atoms with van der Waals surface area (Å²) in [6, 6.07) is 0. The monoisotopic (exact) mass is 240 g/mol. The molecule has 1 N–H and O–H groups in total. The number of nitrogens with zero attached hydrogens (tertiary/aromatic N) is 2. The highest BCUT2D eigenvalue weighted by Crippen LogP contribution is 2.11. The number of aromatic nitrogens is 1. The van der Waals surface area contributed by atoms with Crippen LogP contribution in [0.5, 0.6) is 0 Å². The van der Waals surface area contributed by atoms with Crippen LogP contribution >= 0.6 is 0 Å². The van der Waals surface area contributed by atoms with Crippen LogP contribution in [0.15, 0.2) is 10.8 Å². The zero-order valence-corrected chi connectivity index (χ0v) is 10.1. The molecule has 0 aromatic carbocycles. The highest BCUT2D eigenvalue weighted by atomic mass is 16.4. The van der Waals surface area contributed by atoms with E-state index in [1.165, 1.54) is 11.3 Å². The topological polar surface area (TPSA) is 83.6 Å². The second kappa shape index (κ2) is 5.47. The number of hydrogen-bond acceptors (Lipinski definition) is 4. The largest absolute Gasteiger partial charge is 0.481 e. The van der Waals surface area contributed by atoms with Gasteiger partial charge in [0.2, 0.25) is 5.76 Å². The van der Waals surface area contributed by atoms with Crippen molar-refractivity contribution in [1.29, 1.82) is 0 Å². The lowest BCUT2D eigenvalue weighted by atomic mass is 10.1. The summed E-state index contributed by atoms with van der Waals surface area (Å²) in [4.78, 5) is 28.0. The summed E-state index contributed by atoms with van der Waals surface area (Å²) in [5, 5.41) is 8.82. The summed E-state index contributed by atoms with van der Waals surface area (Å²) in [6.07, 6.45) is 1.21. The van der Waals surface area contributed by atoms with Crippen molar-refractivity contribution in [2.24, 2.45) is 5.92 Å². The third-order valence-electron chi connectivity index (χ3n) is 2.52. The Morgan fingerprint density at radius 1 is 1.59 bits per heavy atom. The van der Waals surface area contributed by atoms with E-state index in [-0.39, 0.29) is 18.2 Å². The minimum absolute atomic E-state index is 0.158. The number of carboxylic acid groups (broad SMARTS) is 1. The Bertz CT molecular complexity index is 413. The summed E-state index contributed by atoms with van der Waals surface area (Å²) in [6.45, 7) is 5.61. The van der Waals surface area contributed by atoms with E-state index in [0.717, 1.165) is 0 Å². The zero-order valence-electron chi connectivity index (χ0n) is 10.1. The molecule has 0 aliphatic heterocycles. The quantitative estimate of drug-likeness (QED) is 0.835. The molecular weight excluding hydrogens is 224 g/mol. The first-order chi connectivity index (χ1) is 7.97. The summed E-state index contributed by atoms with van der Waals surface area (Å²) in [5.41, 5.74) is 0.511. The summed E-state index contributed by atoms with van der Waals surface area (Å²) >= 11 is 0. The average molecular weight is 240 g/mol. The average Bonchev–Trinajstić information content (AvgIpc) is 2.70. The first kappa shape index (κ1) is 13.2. The van der Waals surface area contributed by atoms with E-state index in [2.05, 4.69) is 4.98 Å². The van der Waals surface area contributed by atoms with E-state index in [4.69, 9.17) is 9.52 Å². The Labute approximate surface area is 99.2 Å².